The third kappa shape index (κ3) is 5.76. The molecule has 1 aliphatic heterocycles. The van der Waals surface area contributed by atoms with E-state index in [0.29, 0.717) is 19.4 Å². The monoisotopic (exact) mass is 329 g/mol. The molecule has 0 aromatic heterocycles. The van der Waals surface area contributed by atoms with Gasteiger partial charge in [-0.1, -0.05) is 20.3 Å². The summed E-state index contributed by atoms with van der Waals surface area (Å²) in [6.45, 7) is 4.17. The van der Waals surface area contributed by atoms with E-state index in [9.17, 15) is 14.7 Å². The van der Waals surface area contributed by atoms with Gasteiger partial charge in [0.25, 0.3) is 0 Å². The molecule has 0 radical (unpaired) electrons. The molecule has 0 bridgehead atoms. The third-order valence-electron chi connectivity index (χ3n) is 4.22. The molecule has 7 N–H and O–H groups in total. The van der Waals surface area contributed by atoms with E-state index >= 15 is 0 Å². The van der Waals surface area contributed by atoms with Crippen molar-refractivity contribution in [3.63, 3.8) is 0 Å². The number of rotatable bonds is 7. The lowest BCUT2D eigenvalue weighted by atomic mass is 9.75. The summed E-state index contributed by atoms with van der Waals surface area (Å²) >= 11 is 0. The molecule has 132 valence electrons. The van der Waals surface area contributed by atoms with Gasteiger partial charge >= 0.3 is 13.1 Å². The lowest BCUT2D eigenvalue weighted by Crippen LogP contribution is -2.64. The van der Waals surface area contributed by atoms with Crippen molar-refractivity contribution in [2.24, 2.45) is 23.3 Å². The van der Waals surface area contributed by atoms with Crippen LogP contribution in [0.2, 0.25) is 6.32 Å². The lowest BCUT2D eigenvalue weighted by molar-refractivity contribution is -0.149. The van der Waals surface area contributed by atoms with Crippen molar-refractivity contribution in [2.45, 2.75) is 51.0 Å². The third-order valence-corrected chi connectivity index (χ3v) is 4.22. The fourth-order valence-electron chi connectivity index (χ4n) is 3.11. The van der Waals surface area contributed by atoms with Crippen molar-refractivity contribution in [2.75, 3.05) is 13.1 Å². The Kier molecular flexibility index (Phi) is 7.00. The molecular formula is C14H28BN3O5. The van der Waals surface area contributed by atoms with Crippen LogP contribution in [0.15, 0.2) is 0 Å². The van der Waals surface area contributed by atoms with Crippen molar-refractivity contribution >= 4 is 19.0 Å². The number of nitrogens with two attached hydrogens (primary N) is 2. The zero-order valence-electron chi connectivity index (χ0n) is 13.8. The van der Waals surface area contributed by atoms with Gasteiger partial charge in [-0.25, -0.2) is 0 Å². The van der Waals surface area contributed by atoms with Crippen LogP contribution in [0.1, 0.15) is 33.1 Å². The predicted molar refractivity (Wildman–Crippen MR) is 86.3 cm³/mol. The maximum atomic E-state index is 12.5. The van der Waals surface area contributed by atoms with Crippen molar-refractivity contribution in [3.8, 4) is 0 Å². The van der Waals surface area contributed by atoms with E-state index in [0.717, 1.165) is 0 Å². The Hall–Kier alpha value is -1.16. The van der Waals surface area contributed by atoms with Crippen LogP contribution in [0.4, 0.5) is 0 Å². The fourth-order valence-corrected chi connectivity index (χ4v) is 3.11. The van der Waals surface area contributed by atoms with Crippen LogP contribution < -0.4 is 11.5 Å². The SMILES string of the molecule is CC(C)C[C@H](N)C(=O)N1C[C@@H](CCB(O)O)C[C@](N)(C(=O)O)C1. The molecule has 3 atom stereocenters. The summed E-state index contributed by atoms with van der Waals surface area (Å²) < 4.78 is 0. The summed E-state index contributed by atoms with van der Waals surface area (Å²) in [6.07, 6.45) is 1.20. The van der Waals surface area contributed by atoms with Gasteiger partial charge in [0.05, 0.1) is 6.04 Å². The largest absolute Gasteiger partial charge is 0.480 e. The summed E-state index contributed by atoms with van der Waals surface area (Å²) in [5.41, 5.74) is 10.4. The summed E-state index contributed by atoms with van der Waals surface area (Å²) in [4.78, 5) is 25.4. The number of nitrogens with zero attached hydrogens (tertiary/aromatic N) is 1. The zero-order valence-corrected chi connectivity index (χ0v) is 13.8. The van der Waals surface area contributed by atoms with Crippen molar-refractivity contribution in [1.82, 2.24) is 4.90 Å². The second-order valence-electron chi connectivity index (χ2n) is 7.04. The minimum absolute atomic E-state index is 0.0782. The molecule has 8 nitrogen and oxygen atoms in total. The van der Waals surface area contributed by atoms with E-state index in [-0.39, 0.29) is 37.0 Å². The number of carboxylic acids is 1. The Morgan fingerprint density at radius 1 is 1.39 bits per heavy atom. The molecule has 0 aliphatic carbocycles. The lowest BCUT2D eigenvalue weighted by Gasteiger charge is -2.42. The Bertz CT molecular complexity index is 435. The quantitative estimate of drug-likeness (QED) is 0.370. The van der Waals surface area contributed by atoms with E-state index in [2.05, 4.69) is 0 Å². The summed E-state index contributed by atoms with van der Waals surface area (Å²) in [5, 5.41) is 27.4. The maximum absolute atomic E-state index is 12.5. The first-order valence-electron chi connectivity index (χ1n) is 7.98. The summed E-state index contributed by atoms with van der Waals surface area (Å²) in [7, 11) is -1.46. The number of aliphatic carboxylic acids is 1. The standard InChI is InChI=1S/C14H28BN3O5/c1-9(2)5-11(16)12(19)18-7-10(3-4-15(22)23)6-14(17,8-18)13(20)21/h9-11,22-23H,3-8,16-17H2,1-2H3,(H,20,21)/t10-,11-,14+/m0/s1. The van der Waals surface area contributed by atoms with Gasteiger partial charge in [-0.15, -0.1) is 0 Å². The van der Waals surface area contributed by atoms with Gasteiger partial charge in [0.1, 0.15) is 5.54 Å². The molecule has 1 amide bonds. The second-order valence-corrected chi connectivity index (χ2v) is 7.04. The van der Waals surface area contributed by atoms with Gasteiger partial charge in [0, 0.05) is 13.1 Å². The number of hydrogen-bond acceptors (Lipinski definition) is 6. The van der Waals surface area contributed by atoms with Gasteiger partial charge in [0.2, 0.25) is 5.91 Å². The van der Waals surface area contributed by atoms with E-state index < -0.39 is 24.7 Å². The summed E-state index contributed by atoms with van der Waals surface area (Å²) in [6, 6.07) is -0.685. The molecule has 0 spiro atoms. The van der Waals surface area contributed by atoms with Crippen molar-refractivity contribution in [1.29, 1.82) is 0 Å². The van der Waals surface area contributed by atoms with Gasteiger partial charge < -0.3 is 31.5 Å². The van der Waals surface area contributed by atoms with Crippen molar-refractivity contribution in [3.05, 3.63) is 0 Å². The fraction of sp³-hybridized carbons (Fsp3) is 0.857. The molecule has 23 heavy (non-hydrogen) atoms. The van der Waals surface area contributed by atoms with Gasteiger partial charge in [-0.2, -0.15) is 0 Å². The number of amides is 1. The van der Waals surface area contributed by atoms with E-state index in [4.69, 9.17) is 21.5 Å². The number of hydrogen-bond donors (Lipinski definition) is 5. The minimum Gasteiger partial charge on any atom is -0.480 e. The van der Waals surface area contributed by atoms with Crippen LogP contribution in [0.25, 0.3) is 0 Å². The highest BCUT2D eigenvalue weighted by Gasteiger charge is 2.44. The molecular weight excluding hydrogens is 301 g/mol. The van der Waals surface area contributed by atoms with Crippen LogP contribution in [-0.4, -0.2) is 63.7 Å². The van der Waals surface area contributed by atoms with E-state index in [1.165, 1.54) is 4.90 Å². The van der Waals surface area contributed by atoms with Crippen molar-refractivity contribution < 1.29 is 24.7 Å². The van der Waals surface area contributed by atoms with Gasteiger partial charge in [-0.3, -0.25) is 9.59 Å². The smallest absolute Gasteiger partial charge is 0.451 e. The normalized spacial score (nSPS) is 26.2. The number of likely N-dealkylation sites (tertiary alicyclic amines) is 1. The first-order valence-corrected chi connectivity index (χ1v) is 7.98. The number of carbonyl (C=O) groups is 2. The molecule has 1 rings (SSSR count). The summed E-state index contributed by atoms with van der Waals surface area (Å²) in [5.74, 6) is -1.42. The van der Waals surface area contributed by atoms with E-state index in [1.807, 2.05) is 13.8 Å². The van der Waals surface area contributed by atoms with Crippen LogP contribution in [0.3, 0.4) is 0 Å². The Balaban J connectivity index is 2.84. The molecule has 0 unspecified atom stereocenters. The minimum atomic E-state index is -1.53. The highest BCUT2D eigenvalue weighted by molar-refractivity contribution is 6.40. The molecule has 0 saturated carbocycles. The van der Waals surface area contributed by atoms with Crippen LogP contribution >= 0.6 is 0 Å². The Morgan fingerprint density at radius 2 is 2.00 bits per heavy atom. The Labute approximate surface area is 137 Å². The molecule has 1 saturated heterocycles. The molecule has 1 heterocycles. The Morgan fingerprint density at radius 3 is 2.48 bits per heavy atom. The van der Waals surface area contributed by atoms with Crippen LogP contribution in [0.5, 0.6) is 0 Å². The number of carboxylic acid groups (broad SMARTS) is 1. The van der Waals surface area contributed by atoms with Gasteiger partial charge in [-0.05, 0) is 31.0 Å². The predicted octanol–water partition coefficient (Wildman–Crippen LogP) is -1.15. The second kappa shape index (κ2) is 8.10. The molecule has 9 heteroatoms. The number of piperidine rings is 1. The average Bonchev–Trinajstić information content (AvgIpc) is 2.42. The highest BCUT2D eigenvalue weighted by atomic mass is 16.4. The molecule has 0 aromatic carbocycles. The topological polar surface area (TPSA) is 150 Å². The van der Waals surface area contributed by atoms with Crippen LogP contribution in [0, 0.1) is 11.8 Å². The number of carbonyl (C=O) groups excluding carboxylic acids is 1. The average molecular weight is 329 g/mol. The van der Waals surface area contributed by atoms with Crippen LogP contribution in [-0.2, 0) is 9.59 Å². The zero-order chi connectivity index (χ0) is 17.8. The molecule has 1 aliphatic rings. The first kappa shape index (κ1) is 19.9. The molecule has 0 aromatic rings. The first-order chi connectivity index (χ1) is 10.5. The molecule has 1 fully saturated rings. The van der Waals surface area contributed by atoms with Gasteiger partial charge in [0.15, 0.2) is 0 Å². The highest BCUT2D eigenvalue weighted by Crippen LogP contribution is 2.28. The maximum Gasteiger partial charge on any atom is 0.451 e. The van der Waals surface area contributed by atoms with E-state index in [1.54, 1.807) is 0 Å².